The molecular formula is C16H17N3O. The maximum absolute atomic E-state index is 5.54. The van der Waals surface area contributed by atoms with E-state index in [1.807, 2.05) is 6.92 Å². The second-order valence-electron chi connectivity index (χ2n) is 5.44. The van der Waals surface area contributed by atoms with Crippen LogP contribution in [0.15, 0.2) is 34.9 Å². The van der Waals surface area contributed by atoms with Crippen molar-refractivity contribution in [2.45, 2.75) is 32.2 Å². The summed E-state index contributed by atoms with van der Waals surface area (Å²) in [5.74, 6) is 2.08. The van der Waals surface area contributed by atoms with E-state index in [9.17, 15) is 0 Å². The highest BCUT2D eigenvalue weighted by molar-refractivity contribution is 5.79. The van der Waals surface area contributed by atoms with Crippen LogP contribution in [0.2, 0.25) is 0 Å². The molecule has 3 aromatic rings. The van der Waals surface area contributed by atoms with Crippen LogP contribution in [0.4, 0.5) is 5.69 Å². The number of imidazole rings is 1. The standard InChI is InChI=1S/C16H17N3O/c1-10-17-14-6-5-11(9-15(14)18-10)19-13-3-2-4-16-12(13)7-8-20-16/h5-9,13,19H,2-4H2,1H3,(H,17,18). The number of H-pyrrole nitrogens is 1. The topological polar surface area (TPSA) is 53.9 Å². The maximum Gasteiger partial charge on any atom is 0.109 e. The van der Waals surface area contributed by atoms with Crippen LogP contribution in [-0.2, 0) is 6.42 Å². The normalized spacial score (nSPS) is 18.1. The molecule has 2 aromatic heterocycles. The molecule has 1 unspecified atom stereocenters. The average Bonchev–Trinajstić information content (AvgIpc) is 3.03. The lowest BCUT2D eigenvalue weighted by Crippen LogP contribution is -2.15. The third kappa shape index (κ3) is 1.88. The molecule has 1 aromatic carbocycles. The second kappa shape index (κ2) is 4.40. The molecule has 4 heteroatoms. The Morgan fingerprint density at radius 3 is 3.25 bits per heavy atom. The number of aromatic nitrogens is 2. The largest absolute Gasteiger partial charge is 0.469 e. The predicted octanol–water partition coefficient (Wildman–Crippen LogP) is 3.95. The zero-order valence-corrected chi connectivity index (χ0v) is 11.4. The molecule has 0 radical (unpaired) electrons. The summed E-state index contributed by atoms with van der Waals surface area (Å²) >= 11 is 0. The van der Waals surface area contributed by atoms with Gasteiger partial charge >= 0.3 is 0 Å². The van der Waals surface area contributed by atoms with Gasteiger partial charge in [0, 0.05) is 17.7 Å². The summed E-state index contributed by atoms with van der Waals surface area (Å²) in [5.41, 5.74) is 4.52. The lowest BCUT2D eigenvalue weighted by atomic mass is 9.93. The summed E-state index contributed by atoms with van der Waals surface area (Å²) in [6, 6.07) is 8.71. The molecule has 0 amide bonds. The van der Waals surface area contributed by atoms with Gasteiger partial charge in [0.2, 0.25) is 0 Å². The minimum absolute atomic E-state index is 0.346. The van der Waals surface area contributed by atoms with E-state index in [0.717, 1.165) is 41.1 Å². The molecule has 1 aliphatic rings. The number of hydrogen-bond acceptors (Lipinski definition) is 3. The number of nitrogens with one attached hydrogen (secondary N) is 2. The molecular weight excluding hydrogens is 250 g/mol. The molecule has 0 bridgehead atoms. The van der Waals surface area contributed by atoms with Gasteiger partial charge in [0.25, 0.3) is 0 Å². The summed E-state index contributed by atoms with van der Waals surface area (Å²) < 4.78 is 5.54. The van der Waals surface area contributed by atoms with Crippen LogP contribution in [0, 0.1) is 6.92 Å². The highest BCUT2D eigenvalue weighted by Gasteiger charge is 2.22. The van der Waals surface area contributed by atoms with E-state index in [2.05, 4.69) is 39.6 Å². The number of anilines is 1. The first-order valence-corrected chi connectivity index (χ1v) is 7.09. The molecule has 2 N–H and O–H groups in total. The summed E-state index contributed by atoms with van der Waals surface area (Å²) in [5, 5.41) is 3.62. The molecule has 1 aliphatic carbocycles. The van der Waals surface area contributed by atoms with Crippen molar-refractivity contribution >= 4 is 16.7 Å². The van der Waals surface area contributed by atoms with Crippen molar-refractivity contribution in [1.29, 1.82) is 0 Å². The van der Waals surface area contributed by atoms with Crippen LogP contribution < -0.4 is 5.32 Å². The Morgan fingerprint density at radius 2 is 2.30 bits per heavy atom. The van der Waals surface area contributed by atoms with E-state index in [4.69, 9.17) is 4.42 Å². The number of aromatic amines is 1. The molecule has 0 saturated carbocycles. The molecule has 0 saturated heterocycles. The van der Waals surface area contributed by atoms with Crippen molar-refractivity contribution in [3.63, 3.8) is 0 Å². The SMILES string of the molecule is Cc1nc2ccc(NC3CCCc4occc43)cc2[nH]1. The second-order valence-corrected chi connectivity index (χ2v) is 5.44. The average molecular weight is 267 g/mol. The minimum Gasteiger partial charge on any atom is -0.469 e. The van der Waals surface area contributed by atoms with E-state index < -0.39 is 0 Å². The number of rotatable bonds is 2. The predicted molar refractivity (Wildman–Crippen MR) is 78.8 cm³/mol. The summed E-state index contributed by atoms with van der Waals surface area (Å²) in [6.07, 6.45) is 5.17. The van der Waals surface area contributed by atoms with E-state index >= 15 is 0 Å². The van der Waals surface area contributed by atoms with Gasteiger partial charge in [0.1, 0.15) is 11.6 Å². The molecule has 4 nitrogen and oxygen atoms in total. The van der Waals surface area contributed by atoms with Crippen LogP contribution in [0.25, 0.3) is 11.0 Å². The Hall–Kier alpha value is -2.23. The lowest BCUT2D eigenvalue weighted by molar-refractivity contribution is 0.461. The Morgan fingerprint density at radius 1 is 1.35 bits per heavy atom. The van der Waals surface area contributed by atoms with Crippen molar-refractivity contribution in [2.24, 2.45) is 0 Å². The van der Waals surface area contributed by atoms with E-state index in [-0.39, 0.29) is 0 Å². The summed E-state index contributed by atoms with van der Waals surface area (Å²) in [7, 11) is 0. The summed E-state index contributed by atoms with van der Waals surface area (Å²) in [6.45, 7) is 1.98. The molecule has 20 heavy (non-hydrogen) atoms. The molecule has 0 aliphatic heterocycles. The van der Waals surface area contributed by atoms with Gasteiger partial charge in [-0.25, -0.2) is 4.98 Å². The fourth-order valence-corrected chi connectivity index (χ4v) is 3.06. The van der Waals surface area contributed by atoms with Crippen molar-refractivity contribution in [3.05, 3.63) is 47.7 Å². The number of benzene rings is 1. The van der Waals surface area contributed by atoms with E-state index in [1.165, 1.54) is 12.0 Å². The van der Waals surface area contributed by atoms with Crippen molar-refractivity contribution in [3.8, 4) is 0 Å². The molecule has 0 fully saturated rings. The van der Waals surface area contributed by atoms with Gasteiger partial charge in [-0.1, -0.05) is 0 Å². The van der Waals surface area contributed by atoms with Gasteiger partial charge in [0.05, 0.1) is 23.3 Å². The molecule has 2 heterocycles. The van der Waals surface area contributed by atoms with Gasteiger partial charge in [-0.15, -0.1) is 0 Å². The number of hydrogen-bond donors (Lipinski definition) is 2. The van der Waals surface area contributed by atoms with Gasteiger partial charge in [-0.2, -0.15) is 0 Å². The van der Waals surface area contributed by atoms with Crippen LogP contribution >= 0.6 is 0 Å². The number of aryl methyl sites for hydroxylation is 2. The Labute approximate surface area is 117 Å². The van der Waals surface area contributed by atoms with Crippen LogP contribution in [0.5, 0.6) is 0 Å². The summed E-state index contributed by atoms with van der Waals surface area (Å²) in [4.78, 5) is 7.71. The molecule has 102 valence electrons. The zero-order chi connectivity index (χ0) is 13.5. The number of nitrogens with zero attached hydrogens (tertiary/aromatic N) is 1. The third-order valence-electron chi connectivity index (χ3n) is 3.99. The van der Waals surface area contributed by atoms with Crippen molar-refractivity contribution in [1.82, 2.24) is 9.97 Å². The third-order valence-corrected chi connectivity index (χ3v) is 3.99. The Balaban J connectivity index is 1.65. The maximum atomic E-state index is 5.54. The fourth-order valence-electron chi connectivity index (χ4n) is 3.06. The van der Waals surface area contributed by atoms with E-state index in [0.29, 0.717) is 6.04 Å². The first-order valence-electron chi connectivity index (χ1n) is 7.09. The Bertz CT molecular complexity index is 756. The smallest absolute Gasteiger partial charge is 0.109 e. The molecule has 1 atom stereocenters. The van der Waals surface area contributed by atoms with Gasteiger partial charge in [-0.3, -0.25) is 0 Å². The fraction of sp³-hybridized carbons (Fsp3) is 0.312. The highest BCUT2D eigenvalue weighted by Crippen LogP contribution is 2.33. The highest BCUT2D eigenvalue weighted by atomic mass is 16.3. The number of furan rings is 1. The lowest BCUT2D eigenvalue weighted by Gasteiger charge is -2.23. The quantitative estimate of drug-likeness (QED) is 0.739. The minimum atomic E-state index is 0.346. The zero-order valence-electron chi connectivity index (χ0n) is 11.4. The molecule has 4 rings (SSSR count). The Kier molecular flexibility index (Phi) is 2.55. The number of fused-ring (bicyclic) bond motifs is 2. The van der Waals surface area contributed by atoms with Crippen molar-refractivity contribution in [2.75, 3.05) is 5.32 Å². The van der Waals surface area contributed by atoms with Gasteiger partial charge in [0.15, 0.2) is 0 Å². The van der Waals surface area contributed by atoms with E-state index in [1.54, 1.807) is 6.26 Å². The first kappa shape index (κ1) is 11.6. The van der Waals surface area contributed by atoms with Gasteiger partial charge in [-0.05, 0) is 44.0 Å². The molecule has 0 spiro atoms. The van der Waals surface area contributed by atoms with Crippen LogP contribution in [0.1, 0.15) is 36.0 Å². The van der Waals surface area contributed by atoms with Crippen molar-refractivity contribution < 1.29 is 4.42 Å². The van der Waals surface area contributed by atoms with Crippen LogP contribution in [-0.4, -0.2) is 9.97 Å². The van der Waals surface area contributed by atoms with Gasteiger partial charge < -0.3 is 14.7 Å². The van der Waals surface area contributed by atoms with Crippen LogP contribution in [0.3, 0.4) is 0 Å². The first-order chi connectivity index (χ1) is 9.79. The monoisotopic (exact) mass is 267 g/mol.